The largest absolute Gasteiger partial charge is 0.456 e. The lowest BCUT2D eigenvalue weighted by atomic mass is 10.1. The Balaban J connectivity index is 2.11. The number of aromatic nitrogens is 2. The van der Waals surface area contributed by atoms with Crippen molar-refractivity contribution in [2.75, 3.05) is 0 Å². The first-order chi connectivity index (χ1) is 9.58. The van der Waals surface area contributed by atoms with Crippen LogP contribution in [0.3, 0.4) is 0 Å². The van der Waals surface area contributed by atoms with Crippen LogP contribution in [0.1, 0.15) is 23.9 Å². The molecule has 4 heteroatoms. The van der Waals surface area contributed by atoms with Crippen LogP contribution < -0.4 is 0 Å². The molecular formula is C16H18N2O2. The Morgan fingerprint density at radius 1 is 1.35 bits per heavy atom. The first kappa shape index (κ1) is 14.1. The van der Waals surface area contributed by atoms with Crippen LogP contribution in [0.25, 0.3) is 0 Å². The number of aryl methyl sites for hydroxylation is 1. The summed E-state index contributed by atoms with van der Waals surface area (Å²) in [5.41, 5.74) is 3.42. The van der Waals surface area contributed by atoms with Crippen LogP contribution in [0.2, 0.25) is 0 Å². The van der Waals surface area contributed by atoms with Gasteiger partial charge in [-0.2, -0.15) is 0 Å². The molecule has 20 heavy (non-hydrogen) atoms. The minimum Gasteiger partial charge on any atom is -0.456 e. The molecule has 0 unspecified atom stereocenters. The molecule has 4 nitrogen and oxygen atoms in total. The molecule has 2 rings (SSSR count). The third-order valence-corrected chi connectivity index (χ3v) is 3.05. The maximum Gasteiger partial charge on any atom is 0.333 e. The number of hydrogen-bond acceptors (Lipinski definition) is 3. The summed E-state index contributed by atoms with van der Waals surface area (Å²) in [7, 11) is 1.94. The Morgan fingerprint density at radius 2 is 2.05 bits per heavy atom. The molecule has 2 aromatic rings. The lowest BCUT2D eigenvalue weighted by molar-refractivity contribution is -0.140. The molecule has 0 atom stereocenters. The van der Waals surface area contributed by atoms with E-state index in [1.165, 1.54) is 5.56 Å². The Kier molecular flexibility index (Phi) is 4.35. The molecular weight excluding hydrogens is 252 g/mol. The van der Waals surface area contributed by atoms with E-state index in [0.717, 1.165) is 17.8 Å². The van der Waals surface area contributed by atoms with Crippen molar-refractivity contribution in [1.82, 2.24) is 9.55 Å². The number of esters is 1. The van der Waals surface area contributed by atoms with Gasteiger partial charge in [-0.25, -0.2) is 9.78 Å². The highest BCUT2D eigenvalue weighted by atomic mass is 16.5. The molecule has 0 saturated carbocycles. The number of imidazole rings is 1. The third-order valence-electron chi connectivity index (χ3n) is 3.05. The summed E-state index contributed by atoms with van der Waals surface area (Å²) in [6.45, 7) is 5.37. The van der Waals surface area contributed by atoms with E-state index in [-0.39, 0.29) is 12.6 Å². The van der Waals surface area contributed by atoms with Crippen LogP contribution in [-0.4, -0.2) is 15.5 Å². The summed E-state index contributed by atoms with van der Waals surface area (Å²) >= 11 is 0. The van der Waals surface area contributed by atoms with Gasteiger partial charge < -0.3 is 9.30 Å². The highest BCUT2D eigenvalue weighted by Crippen LogP contribution is 2.14. The first-order valence-corrected chi connectivity index (χ1v) is 6.43. The standard InChI is InChI=1S/C16H18N2O2/c1-12(2)16(19)20-10-14-15(18(3)11-17-14)9-13-7-5-4-6-8-13/h4-8,11H,1,9-10H2,2-3H3. The number of carbonyl (C=O) groups excluding carboxylic acids is 1. The molecule has 0 fully saturated rings. The van der Waals surface area contributed by atoms with Gasteiger partial charge in [0.05, 0.1) is 12.0 Å². The molecule has 104 valence electrons. The van der Waals surface area contributed by atoms with Gasteiger partial charge in [-0.3, -0.25) is 0 Å². The molecule has 0 aliphatic carbocycles. The molecule has 1 aromatic carbocycles. The van der Waals surface area contributed by atoms with Crippen molar-refractivity contribution in [3.8, 4) is 0 Å². The van der Waals surface area contributed by atoms with E-state index in [2.05, 4.69) is 23.7 Å². The molecule has 0 spiro atoms. The number of nitrogens with zero attached hydrogens (tertiary/aromatic N) is 2. The highest BCUT2D eigenvalue weighted by Gasteiger charge is 2.12. The summed E-state index contributed by atoms with van der Waals surface area (Å²) in [5.74, 6) is -0.388. The lowest BCUT2D eigenvalue weighted by Crippen LogP contribution is -2.08. The number of rotatable bonds is 5. The second-order valence-corrected chi connectivity index (χ2v) is 4.77. The van der Waals surface area contributed by atoms with E-state index in [9.17, 15) is 4.79 Å². The second-order valence-electron chi connectivity index (χ2n) is 4.77. The van der Waals surface area contributed by atoms with E-state index in [1.807, 2.05) is 29.8 Å². The second kappa shape index (κ2) is 6.19. The Morgan fingerprint density at radius 3 is 2.70 bits per heavy atom. The normalized spacial score (nSPS) is 10.3. The summed E-state index contributed by atoms with van der Waals surface area (Å²) in [5, 5.41) is 0. The van der Waals surface area contributed by atoms with Gasteiger partial charge in [0.1, 0.15) is 6.61 Å². The molecule has 0 N–H and O–H groups in total. The van der Waals surface area contributed by atoms with Crippen molar-refractivity contribution in [2.45, 2.75) is 20.0 Å². The van der Waals surface area contributed by atoms with E-state index in [1.54, 1.807) is 13.3 Å². The fraction of sp³-hybridized carbons (Fsp3) is 0.250. The van der Waals surface area contributed by atoms with Crippen molar-refractivity contribution < 1.29 is 9.53 Å². The maximum atomic E-state index is 11.4. The van der Waals surface area contributed by atoms with Crippen LogP contribution in [-0.2, 0) is 29.6 Å². The number of hydrogen-bond donors (Lipinski definition) is 0. The quantitative estimate of drug-likeness (QED) is 0.619. The van der Waals surface area contributed by atoms with E-state index < -0.39 is 0 Å². The minimum atomic E-state index is -0.388. The van der Waals surface area contributed by atoms with E-state index >= 15 is 0 Å². The first-order valence-electron chi connectivity index (χ1n) is 6.43. The molecule has 0 aliphatic heterocycles. The maximum absolute atomic E-state index is 11.4. The zero-order valence-corrected chi connectivity index (χ0v) is 11.8. The van der Waals surface area contributed by atoms with Crippen molar-refractivity contribution >= 4 is 5.97 Å². The molecule has 0 radical (unpaired) electrons. The number of carbonyl (C=O) groups is 1. The van der Waals surface area contributed by atoms with Gasteiger partial charge in [-0.05, 0) is 12.5 Å². The van der Waals surface area contributed by atoms with Gasteiger partial charge in [0.2, 0.25) is 0 Å². The van der Waals surface area contributed by atoms with Crippen LogP contribution in [0, 0.1) is 0 Å². The van der Waals surface area contributed by atoms with Crippen LogP contribution in [0.5, 0.6) is 0 Å². The van der Waals surface area contributed by atoms with Crippen LogP contribution in [0.15, 0.2) is 48.8 Å². The van der Waals surface area contributed by atoms with E-state index in [0.29, 0.717) is 5.57 Å². The summed E-state index contributed by atoms with van der Waals surface area (Å²) < 4.78 is 7.12. The molecule has 0 aliphatic rings. The van der Waals surface area contributed by atoms with Gasteiger partial charge >= 0.3 is 5.97 Å². The van der Waals surface area contributed by atoms with Crippen molar-refractivity contribution in [3.05, 3.63) is 65.8 Å². The number of ether oxygens (including phenoxy) is 1. The van der Waals surface area contributed by atoms with Crippen LogP contribution >= 0.6 is 0 Å². The Hall–Kier alpha value is -2.36. The Labute approximate surface area is 118 Å². The fourth-order valence-corrected chi connectivity index (χ4v) is 1.90. The molecule has 0 amide bonds. The van der Waals surface area contributed by atoms with Crippen molar-refractivity contribution in [3.63, 3.8) is 0 Å². The summed E-state index contributed by atoms with van der Waals surface area (Å²) in [6, 6.07) is 10.1. The average molecular weight is 270 g/mol. The monoisotopic (exact) mass is 270 g/mol. The number of benzene rings is 1. The molecule has 1 aromatic heterocycles. The zero-order valence-electron chi connectivity index (χ0n) is 11.8. The predicted molar refractivity (Wildman–Crippen MR) is 77.1 cm³/mol. The molecule has 0 bridgehead atoms. The third kappa shape index (κ3) is 3.35. The highest BCUT2D eigenvalue weighted by molar-refractivity contribution is 5.86. The molecule has 1 heterocycles. The fourth-order valence-electron chi connectivity index (χ4n) is 1.90. The van der Waals surface area contributed by atoms with Gasteiger partial charge in [-0.1, -0.05) is 36.9 Å². The van der Waals surface area contributed by atoms with Gasteiger partial charge in [0.15, 0.2) is 0 Å². The summed E-state index contributed by atoms with van der Waals surface area (Å²) in [4.78, 5) is 15.7. The Bertz CT molecular complexity index is 615. The van der Waals surface area contributed by atoms with Gasteiger partial charge in [-0.15, -0.1) is 0 Å². The predicted octanol–water partition coefficient (Wildman–Crippen LogP) is 2.63. The van der Waals surface area contributed by atoms with Crippen LogP contribution in [0.4, 0.5) is 0 Å². The minimum absolute atomic E-state index is 0.175. The van der Waals surface area contributed by atoms with Crippen molar-refractivity contribution in [2.24, 2.45) is 7.05 Å². The van der Waals surface area contributed by atoms with Crippen molar-refractivity contribution in [1.29, 1.82) is 0 Å². The van der Waals surface area contributed by atoms with Gasteiger partial charge in [0, 0.05) is 24.7 Å². The van der Waals surface area contributed by atoms with Gasteiger partial charge in [0.25, 0.3) is 0 Å². The smallest absolute Gasteiger partial charge is 0.333 e. The zero-order chi connectivity index (χ0) is 14.5. The summed E-state index contributed by atoms with van der Waals surface area (Å²) in [6.07, 6.45) is 2.50. The SMILES string of the molecule is C=C(C)C(=O)OCc1ncn(C)c1Cc1ccccc1. The lowest BCUT2D eigenvalue weighted by Gasteiger charge is -2.07. The van der Waals surface area contributed by atoms with E-state index in [4.69, 9.17) is 4.74 Å². The average Bonchev–Trinajstić information content (AvgIpc) is 2.78. The molecule has 0 saturated heterocycles. The topological polar surface area (TPSA) is 44.1 Å².